The molecule has 98 valence electrons. The Morgan fingerprint density at radius 1 is 1.11 bits per heavy atom. The lowest BCUT2D eigenvalue weighted by Gasteiger charge is -2.08. The minimum Gasteiger partial charge on any atom is -0.493 e. The zero-order valence-electron chi connectivity index (χ0n) is 10.7. The van der Waals surface area contributed by atoms with Crippen molar-refractivity contribution in [1.82, 2.24) is 0 Å². The van der Waals surface area contributed by atoms with Crippen molar-refractivity contribution in [3.63, 3.8) is 0 Å². The summed E-state index contributed by atoms with van der Waals surface area (Å²) in [7, 11) is 0. The van der Waals surface area contributed by atoms with Gasteiger partial charge in [-0.3, -0.25) is 10.1 Å². The van der Waals surface area contributed by atoms with Gasteiger partial charge in [-0.15, -0.1) is 0 Å². The number of ether oxygens (including phenoxy) is 1. The molecule has 0 N–H and O–H groups in total. The third-order valence-electron chi connectivity index (χ3n) is 2.91. The van der Waals surface area contributed by atoms with E-state index in [1.807, 2.05) is 31.2 Å². The van der Waals surface area contributed by atoms with Gasteiger partial charge in [-0.1, -0.05) is 36.4 Å². The maximum absolute atomic E-state index is 10.9. The molecule has 19 heavy (non-hydrogen) atoms. The summed E-state index contributed by atoms with van der Waals surface area (Å²) < 4.78 is 5.65. The van der Waals surface area contributed by atoms with E-state index in [1.165, 1.54) is 6.07 Å². The summed E-state index contributed by atoms with van der Waals surface area (Å²) in [6.07, 6.45) is 0.519. The summed E-state index contributed by atoms with van der Waals surface area (Å²) in [6, 6.07) is 14.5. The molecule has 0 aromatic heterocycles. The summed E-state index contributed by atoms with van der Waals surface area (Å²) in [4.78, 5) is 10.5. The van der Waals surface area contributed by atoms with E-state index in [4.69, 9.17) is 4.74 Å². The molecule has 2 rings (SSSR count). The molecular weight excluding hydrogens is 242 g/mol. The average Bonchev–Trinajstić information content (AvgIpc) is 2.41. The Balaban J connectivity index is 2.00. The van der Waals surface area contributed by atoms with Crippen LogP contribution in [0.25, 0.3) is 0 Å². The van der Waals surface area contributed by atoms with Crippen molar-refractivity contribution in [3.8, 4) is 5.75 Å². The quantitative estimate of drug-likeness (QED) is 0.608. The molecular formula is C15H15NO3. The van der Waals surface area contributed by atoms with Crippen LogP contribution in [0.15, 0.2) is 48.5 Å². The van der Waals surface area contributed by atoms with Crippen LogP contribution in [-0.2, 0) is 6.42 Å². The molecule has 0 amide bonds. The Morgan fingerprint density at radius 3 is 2.53 bits per heavy atom. The van der Waals surface area contributed by atoms with E-state index in [-0.39, 0.29) is 10.6 Å². The highest BCUT2D eigenvalue weighted by molar-refractivity contribution is 5.40. The minimum absolute atomic E-state index is 0.149. The molecule has 0 atom stereocenters. The second kappa shape index (κ2) is 6.00. The van der Waals surface area contributed by atoms with E-state index in [2.05, 4.69) is 0 Å². The van der Waals surface area contributed by atoms with Gasteiger partial charge in [-0.05, 0) is 18.6 Å². The molecule has 0 aliphatic carbocycles. The number of aryl methyl sites for hydroxylation is 1. The third-order valence-corrected chi connectivity index (χ3v) is 2.91. The summed E-state index contributed by atoms with van der Waals surface area (Å²) >= 11 is 0. The first-order valence-electron chi connectivity index (χ1n) is 6.09. The number of rotatable bonds is 5. The first kappa shape index (κ1) is 13.1. The van der Waals surface area contributed by atoms with Gasteiger partial charge in [0.25, 0.3) is 5.69 Å². The van der Waals surface area contributed by atoms with Gasteiger partial charge in [0.15, 0.2) is 0 Å². The molecule has 0 bridgehead atoms. The first-order valence-corrected chi connectivity index (χ1v) is 6.09. The zero-order chi connectivity index (χ0) is 13.7. The lowest BCUT2D eigenvalue weighted by Crippen LogP contribution is -2.04. The van der Waals surface area contributed by atoms with Gasteiger partial charge in [0.2, 0.25) is 0 Å². The van der Waals surface area contributed by atoms with Crippen molar-refractivity contribution in [2.45, 2.75) is 13.3 Å². The highest BCUT2D eigenvalue weighted by Crippen LogP contribution is 2.20. The number of hydrogen-bond acceptors (Lipinski definition) is 3. The molecule has 0 aliphatic rings. The molecule has 4 heteroatoms. The predicted molar refractivity (Wildman–Crippen MR) is 73.5 cm³/mol. The monoisotopic (exact) mass is 257 g/mol. The van der Waals surface area contributed by atoms with Crippen molar-refractivity contribution < 1.29 is 9.66 Å². The maximum Gasteiger partial charge on any atom is 0.272 e. The van der Waals surface area contributed by atoms with E-state index in [1.54, 1.807) is 18.2 Å². The van der Waals surface area contributed by atoms with Crippen LogP contribution in [-0.4, -0.2) is 11.5 Å². The highest BCUT2D eigenvalue weighted by Gasteiger charge is 2.11. The van der Waals surface area contributed by atoms with Crippen molar-refractivity contribution >= 4 is 5.69 Å². The molecule has 0 aliphatic heterocycles. The summed E-state index contributed by atoms with van der Waals surface area (Å²) in [5.74, 6) is 0.820. The molecule has 2 aromatic rings. The second-order valence-electron chi connectivity index (χ2n) is 4.25. The largest absolute Gasteiger partial charge is 0.493 e. The number of benzene rings is 2. The van der Waals surface area contributed by atoms with E-state index in [0.29, 0.717) is 18.6 Å². The lowest BCUT2D eigenvalue weighted by atomic mass is 10.1. The molecule has 0 spiro atoms. The molecule has 0 saturated carbocycles. The van der Waals surface area contributed by atoms with Crippen molar-refractivity contribution in [2.75, 3.05) is 6.61 Å². The third kappa shape index (κ3) is 3.31. The van der Waals surface area contributed by atoms with Crippen LogP contribution in [0.2, 0.25) is 0 Å². The van der Waals surface area contributed by atoms with Crippen molar-refractivity contribution in [1.29, 1.82) is 0 Å². The number of hydrogen-bond donors (Lipinski definition) is 0. The molecule has 0 saturated heterocycles. The van der Waals surface area contributed by atoms with Gasteiger partial charge in [0.1, 0.15) is 5.75 Å². The van der Waals surface area contributed by atoms with E-state index >= 15 is 0 Å². The number of nitro benzene ring substituents is 1. The Morgan fingerprint density at radius 2 is 1.79 bits per heavy atom. The van der Waals surface area contributed by atoms with Gasteiger partial charge in [0, 0.05) is 18.1 Å². The molecule has 0 fully saturated rings. The summed E-state index contributed by atoms with van der Waals surface area (Å²) in [6.45, 7) is 2.40. The van der Waals surface area contributed by atoms with Crippen LogP contribution >= 0.6 is 0 Å². The van der Waals surface area contributed by atoms with Crippen LogP contribution < -0.4 is 4.74 Å². The Kier molecular flexibility index (Phi) is 4.13. The predicted octanol–water partition coefficient (Wildman–Crippen LogP) is 3.52. The maximum atomic E-state index is 10.9. The molecule has 2 aromatic carbocycles. The van der Waals surface area contributed by atoms with Gasteiger partial charge >= 0.3 is 0 Å². The Bertz CT molecular complexity index is 581. The average molecular weight is 257 g/mol. The summed E-state index contributed by atoms with van der Waals surface area (Å²) in [5, 5.41) is 10.9. The Labute approximate surface area is 111 Å². The van der Waals surface area contributed by atoms with Crippen LogP contribution in [0, 0.1) is 17.0 Å². The Hall–Kier alpha value is -2.36. The van der Waals surface area contributed by atoms with Crippen LogP contribution in [0.3, 0.4) is 0 Å². The standard InChI is InChI=1S/C15H15NO3/c1-12-6-2-5-9-15(12)19-11-10-13-7-3-4-8-14(13)16(17)18/h2-9H,10-11H2,1H3. The number of nitrogens with zero attached hydrogens (tertiary/aromatic N) is 1. The van der Waals surface area contributed by atoms with E-state index in [0.717, 1.165) is 11.3 Å². The van der Waals surface area contributed by atoms with Gasteiger partial charge in [0.05, 0.1) is 11.5 Å². The van der Waals surface area contributed by atoms with Gasteiger partial charge in [-0.2, -0.15) is 0 Å². The fraction of sp³-hybridized carbons (Fsp3) is 0.200. The molecule has 0 heterocycles. The van der Waals surface area contributed by atoms with E-state index < -0.39 is 0 Å². The SMILES string of the molecule is Cc1ccccc1OCCc1ccccc1[N+](=O)[O-]. The first-order chi connectivity index (χ1) is 9.18. The second-order valence-corrected chi connectivity index (χ2v) is 4.25. The summed E-state index contributed by atoms with van der Waals surface area (Å²) in [5.41, 5.74) is 1.90. The fourth-order valence-corrected chi connectivity index (χ4v) is 1.89. The molecule has 0 radical (unpaired) electrons. The fourth-order valence-electron chi connectivity index (χ4n) is 1.89. The minimum atomic E-state index is -0.358. The highest BCUT2D eigenvalue weighted by atomic mass is 16.6. The van der Waals surface area contributed by atoms with E-state index in [9.17, 15) is 10.1 Å². The zero-order valence-corrected chi connectivity index (χ0v) is 10.7. The lowest BCUT2D eigenvalue weighted by molar-refractivity contribution is -0.385. The van der Waals surface area contributed by atoms with Crippen LogP contribution in [0.5, 0.6) is 5.75 Å². The topological polar surface area (TPSA) is 52.4 Å². The van der Waals surface area contributed by atoms with Crippen molar-refractivity contribution in [2.24, 2.45) is 0 Å². The van der Waals surface area contributed by atoms with Crippen LogP contribution in [0.1, 0.15) is 11.1 Å². The number of nitro groups is 1. The van der Waals surface area contributed by atoms with Gasteiger partial charge in [-0.25, -0.2) is 0 Å². The van der Waals surface area contributed by atoms with Gasteiger partial charge < -0.3 is 4.74 Å². The molecule has 4 nitrogen and oxygen atoms in total. The van der Waals surface area contributed by atoms with Crippen LogP contribution in [0.4, 0.5) is 5.69 Å². The number of para-hydroxylation sites is 2. The smallest absolute Gasteiger partial charge is 0.272 e. The molecule has 0 unspecified atom stereocenters. The normalized spacial score (nSPS) is 10.2. The van der Waals surface area contributed by atoms with Crippen molar-refractivity contribution in [3.05, 3.63) is 69.8 Å².